The lowest BCUT2D eigenvalue weighted by Crippen LogP contribution is -2.10. The molecule has 0 aromatic heterocycles. The molecule has 0 fully saturated rings. The first-order valence-electron chi connectivity index (χ1n) is 6.92. The average Bonchev–Trinajstić information content (AvgIpc) is 2.42. The van der Waals surface area contributed by atoms with Crippen LogP contribution in [0.4, 0.5) is 4.39 Å². The Labute approximate surface area is 121 Å². The molecule has 1 rings (SSSR count). The Bertz CT molecular complexity index is 482. The van der Waals surface area contributed by atoms with Crippen molar-refractivity contribution in [3.8, 4) is 12.3 Å². The maximum absolute atomic E-state index is 13.1. The lowest BCUT2D eigenvalue weighted by molar-refractivity contribution is 0.142. The van der Waals surface area contributed by atoms with E-state index in [1.165, 1.54) is 0 Å². The van der Waals surface area contributed by atoms with Gasteiger partial charge in [-0.05, 0) is 44.1 Å². The SMILES string of the molecule is C#CC/C=C(\CC=C=CC)OC1/C=C\C/C(F)=C\CC1. The monoisotopic (exact) mass is 272 g/mol. The number of terminal acetylenes is 1. The van der Waals surface area contributed by atoms with E-state index < -0.39 is 0 Å². The smallest absolute Gasteiger partial charge is 0.117 e. The van der Waals surface area contributed by atoms with Crippen LogP contribution in [0.15, 0.2) is 53.8 Å². The van der Waals surface area contributed by atoms with Crippen LogP contribution in [0.5, 0.6) is 0 Å². The summed E-state index contributed by atoms with van der Waals surface area (Å²) in [6.45, 7) is 1.92. The van der Waals surface area contributed by atoms with Crippen LogP contribution in [-0.2, 0) is 4.74 Å². The molecule has 1 aliphatic rings. The van der Waals surface area contributed by atoms with E-state index in [-0.39, 0.29) is 11.9 Å². The van der Waals surface area contributed by atoms with Crippen molar-refractivity contribution >= 4 is 0 Å². The number of allylic oxidation sites excluding steroid dienone is 5. The molecule has 1 aliphatic carbocycles. The predicted molar refractivity (Wildman–Crippen MR) is 81.5 cm³/mol. The molecular formula is C18H21FO. The molecule has 1 unspecified atom stereocenters. The van der Waals surface area contributed by atoms with Crippen molar-refractivity contribution in [3.05, 3.63) is 53.8 Å². The van der Waals surface area contributed by atoms with Crippen LogP contribution >= 0.6 is 0 Å². The minimum Gasteiger partial charge on any atom is -0.491 e. The van der Waals surface area contributed by atoms with E-state index in [0.29, 0.717) is 25.7 Å². The van der Waals surface area contributed by atoms with Crippen molar-refractivity contribution in [2.24, 2.45) is 0 Å². The highest BCUT2D eigenvalue weighted by atomic mass is 19.1. The number of ether oxygens (including phenoxy) is 1. The van der Waals surface area contributed by atoms with Crippen molar-refractivity contribution in [2.45, 2.75) is 45.1 Å². The van der Waals surface area contributed by atoms with Gasteiger partial charge in [-0.15, -0.1) is 18.1 Å². The van der Waals surface area contributed by atoms with Gasteiger partial charge in [0, 0.05) is 19.3 Å². The molecule has 20 heavy (non-hydrogen) atoms. The van der Waals surface area contributed by atoms with Gasteiger partial charge in [-0.2, -0.15) is 0 Å². The second-order valence-corrected chi connectivity index (χ2v) is 4.46. The van der Waals surface area contributed by atoms with Gasteiger partial charge < -0.3 is 4.74 Å². The maximum atomic E-state index is 13.1. The second kappa shape index (κ2) is 9.89. The summed E-state index contributed by atoms with van der Waals surface area (Å²) < 4.78 is 19.1. The molecule has 1 nitrogen and oxygen atoms in total. The summed E-state index contributed by atoms with van der Waals surface area (Å²) >= 11 is 0. The molecule has 0 bridgehead atoms. The normalized spacial score (nSPS) is 23.1. The molecule has 0 saturated carbocycles. The van der Waals surface area contributed by atoms with Crippen LogP contribution in [0.2, 0.25) is 0 Å². The van der Waals surface area contributed by atoms with Crippen LogP contribution in [-0.4, -0.2) is 6.10 Å². The van der Waals surface area contributed by atoms with Gasteiger partial charge in [0.15, 0.2) is 0 Å². The first-order chi connectivity index (χ1) is 9.76. The number of halogens is 1. The molecule has 0 N–H and O–H groups in total. The summed E-state index contributed by atoms with van der Waals surface area (Å²) in [5.74, 6) is 3.35. The molecule has 0 amide bonds. The first kappa shape index (κ1) is 16.1. The van der Waals surface area contributed by atoms with Gasteiger partial charge in [-0.1, -0.05) is 12.2 Å². The summed E-state index contributed by atoms with van der Waals surface area (Å²) in [5.41, 5.74) is 3.02. The number of hydrogen-bond donors (Lipinski definition) is 0. The van der Waals surface area contributed by atoms with E-state index >= 15 is 0 Å². The lowest BCUT2D eigenvalue weighted by Gasteiger charge is -2.18. The fourth-order valence-corrected chi connectivity index (χ4v) is 1.84. The minimum atomic E-state index is -0.0705. The van der Waals surface area contributed by atoms with E-state index in [4.69, 9.17) is 11.2 Å². The van der Waals surface area contributed by atoms with Crippen LogP contribution in [0, 0.1) is 12.3 Å². The second-order valence-electron chi connectivity index (χ2n) is 4.46. The van der Waals surface area contributed by atoms with E-state index in [2.05, 4.69) is 11.7 Å². The predicted octanol–water partition coefficient (Wildman–Crippen LogP) is 4.99. The fourth-order valence-electron chi connectivity index (χ4n) is 1.84. The molecule has 1 atom stereocenters. The molecule has 0 saturated heterocycles. The third-order valence-corrected chi connectivity index (χ3v) is 2.82. The molecule has 0 aromatic rings. The Balaban J connectivity index is 2.64. The van der Waals surface area contributed by atoms with Gasteiger partial charge in [0.25, 0.3) is 0 Å². The summed E-state index contributed by atoms with van der Waals surface area (Å²) in [5, 5.41) is 0. The quantitative estimate of drug-likeness (QED) is 0.296. The van der Waals surface area contributed by atoms with E-state index in [0.717, 1.165) is 12.2 Å². The van der Waals surface area contributed by atoms with Crippen LogP contribution in [0.1, 0.15) is 39.0 Å². The molecule has 0 aromatic carbocycles. The van der Waals surface area contributed by atoms with Gasteiger partial charge in [0.05, 0.1) is 11.6 Å². The molecular weight excluding hydrogens is 251 g/mol. The highest BCUT2D eigenvalue weighted by Gasteiger charge is 2.09. The van der Waals surface area contributed by atoms with E-state index in [9.17, 15) is 4.39 Å². The zero-order chi connectivity index (χ0) is 14.6. The minimum absolute atomic E-state index is 0.0256. The largest absolute Gasteiger partial charge is 0.491 e. The van der Waals surface area contributed by atoms with Crippen molar-refractivity contribution in [1.29, 1.82) is 0 Å². The summed E-state index contributed by atoms with van der Waals surface area (Å²) in [4.78, 5) is 0. The Morgan fingerprint density at radius 3 is 3.20 bits per heavy atom. The van der Waals surface area contributed by atoms with Gasteiger partial charge >= 0.3 is 0 Å². The lowest BCUT2D eigenvalue weighted by atomic mass is 10.1. The highest BCUT2D eigenvalue weighted by molar-refractivity contribution is 5.09. The van der Waals surface area contributed by atoms with Gasteiger partial charge in [0.2, 0.25) is 0 Å². The topological polar surface area (TPSA) is 9.23 Å². The Kier molecular flexibility index (Phi) is 7.96. The van der Waals surface area contributed by atoms with Crippen molar-refractivity contribution in [1.82, 2.24) is 0 Å². The molecule has 2 heteroatoms. The van der Waals surface area contributed by atoms with Crippen LogP contribution < -0.4 is 0 Å². The summed E-state index contributed by atoms with van der Waals surface area (Å²) in [7, 11) is 0. The zero-order valence-electron chi connectivity index (χ0n) is 11.9. The van der Waals surface area contributed by atoms with Crippen LogP contribution in [0.3, 0.4) is 0 Å². The third-order valence-electron chi connectivity index (χ3n) is 2.82. The van der Waals surface area contributed by atoms with E-state index in [1.54, 1.807) is 6.08 Å². The molecule has 0 aliphatic heterocycles. The average molecular weight is 272 g/mol. The fraction of sp³-hybridized carbons (Fsp3) is 0.389. The van der Waals surface area contributed by atoms with Gasteiger partial charge in [0.1, 0.15) is 6.10 Å². The third kappa shape index (κ3) is 6.83. The number of hydrogen-bond acceptors (Lipinski definition) is 1. The standard InChI is InChI=1S/C18H21FO/c1-3-5-7-13-17(12-6-4-2)20-18-14-8-10-16(19)11-9-15-18/h2-3,7-8,11-12,14,18H,6,9-10,13,15H2,1H3/b14-8-,16-11+,17-12+. The summed E-state index contributed by atoms with van der Waals surface area (Å²) in [6.07, 6.45) is 19.3. The molecule has 0 spiro atoms. The Morgan fingerprint density at radius 1 is 1.60 bits per heavy atom. The zero-order valence-corrected chi connectivity index (χ0v) is 11.9. The highest BCUT2D eigenvalue weighted by Crippen LogP contribution is 2.18. The molecule has 106 valence electrons. The molecule has 0 heterocycles. The number of rotatable bonds is 5. The first-order valence-corrected chi connectivity index (χ1v) is 6.92. The van der Waals surface area contributed by atoms with Crippen molar-refractivity contribution in [3.63, 3.8) is 0 Å². The van der Waals surface area contributed by atoms with Crippen molar-refractivity contribution < 1.29 is 9.13 Å². The van der Waals surface area contributed by atoms with Gasteiger partial charge in [-0.25, -0.2) is 4.39 Å². The van der Waals surface area contributed by atoms with E-state index in [1.807, 2.05) is 37.3 Å². The Hall–Kier alpha value is -1.97. The van der Waals surface area contributed by atoms with Gasteiger partial charge in [-0.3, -0.25) is 0 Å². The van der Waals surface area contributed by atoms with Crippen molar-refractivity contribution in [2.75, 3.05) is 0 Å². The van der Waals surface area contributed by atoms with Crippen LogP contribution in [0.25, 0.3) is 0 Å². The molecule has 0 radical (unpaired) electrons. The maximum Gasteiger partial charge on any atom is 0.117 e. The summed E-state index contributed by atoms with van der Waals surface area (Å²) in [6, 6.07) is 0. The Morgan fingerprint density at radius 2 is 2.45 bits per heavy atom.